The minimum Gasteiger partial charge on any atom is -0.361 e. The molecule has 0 aliphatic carbocycles. The van der Waals surface area contributed by atoms with Gasteiger partial charge in [-0.2, -0.15) is 8.42 Å². The van der Waals surface area contributed by atoms with E-state index in [1.807, 2.05) is 19.1 Å². The zero-order valence-corrected chi connectivity index (χ0v) is 14.4. The molecule has 1 aliphatic heterocycles. The summed E-state index contributed by atoms with van der Waals surface area (Å²) in [5, 5.41) is 4.90. The van der Waals surface area contributed by atoms with Crippen LogP contribution in [0, 0.1) is 5.92 Å². The molecular formula is C15H20ClN3O3S. The molecule has 2 heterocycles. The van der Waals surface area contributed by atoms with Gasteiger partial charge in [0.25, 0.3) is 10.1 Å². The first-order valence-electron chi connectivity index (χ1n) is 7.04. The van der Waals surface area contributed by atoms with Gasteiger partial charge in [-0.05, 0) is 30.5 Å². The van der Waals surface area contributed by atoms with E-state index in [-0.39, 0.29) is 10.6 Å². The highest BCUT2D eigenvalue weighted by Crippen LogP contribution is 2.20. The largest absolute Gasteiger partial charge is 0.361 e. The highest BCUT2D eigenvalue weighted by Gasteiger charge is 2.27. The summed E-state index contributed by atoms with van der Waals surface area (Å²) in [7, 11) is -4.09. The molecule has 0 amide bonds. The van der Waals surface area contributed by atoms with E-state index in [9.17, 15) is 8.42 Å². The Balaban J connectivity index is 0.000000174. The van der Waals surface area contributed by atoms with Crippen molar-refractivity contribution in [1.29, 1.82) is 0 Å². The van der Waals surface area contributed by atoms with E-state index >= 15 is 0 Å². The molecule has 0 fully saturated rings. The fourth-order valence-corrected chi connectivity index (χ4v) is 2.89. The second kappa shape index (κ2) is 6.62. The summed E-state index contributed by atoms with van der Waals surface area (Å²) < 4.78 is 30.2. The Kier molecular flexibility index (Phi) is 5.17. The normalized spacial score (nSPS) is 24.7. The van der Waals surface area contributed by atoms with Crippen molar-refractivity contribution in [2.75, 3.05) is 6.54 Å². The molecule has 2 aromatic rings. The Morgan fingerprint density at radius 1 is 1.39 bits per heavy atom. The summed E-state index contributed by atoms with van der Waals surface area (Å²) in [6.45, 7) is 4.71. The third-order valence-electron chi connectivity index (χ3n) is 3.84. The lowest BCUT2D eigenvalue weighted by molar-refractivity contribution is 0.291. The Morgan fingerprint density at radius 3 is 2.65 bits per heavy atom. The zero-order chi connectivity index (χ0) is 17.3. The average molecular weight is 358 g/mol. The first-order valence-corrected chi connectivity index (χ1v) is 8.86. The molecule has 6 nitrogen and oxygen atoms in total. The smallest absolute Gasteiger partial charge is 0.294 e. The SMILES string of the molecule is CC1C=C(Cl)CNC1(C)N.O=S(=O)(O)c1ccc2cc[nH]c2c1. The molecule has 0 saturated carbocycles. The van der Waals surface area contributed by atoms with Crippen LogP contribution in [0.25, 0.3) is 10.9 Å². The molecule has 1 aromatic heterocycles. The van der Waals surface area contributed by atoms with Crippen molar-refractivity contribution in [3.8, 4) is 0 Å². The van der Waals surface area contributed by atoms with Crippen LogP contribution in [0.5, 0.6) is 0 Å². The van der Waals surface area contributed by atoms with E-state index in [1.165, 1.54) is 12.1 Å². The maximum absolute atomic E-state index is 10.7. The first-order chi connectivity index (χ1) is 10.6. The van der Waals surface area contributed by atoms with Gasteiger partial charge < -0.3 is 10.7 Å². The molecular weight excluding hydrogens is 338 g/mol. The fraction of sp³-hybridized carbons (Fsp3) is 0.333. The second-order valence-corrected chi connectivity index (χ2v) is 7.65. The van der Waals surface area contributed by atoms with E-state index < -0.39 is 10.1 Å². The van der Waals surface area contributed by atoms with E-state index in [0.29, 0.717) is 18.0 Å². The lowest BCUT2D eigenvalue weighted by atomic mass is 9.94. The number of aromatic amines is 1. The average Bonchev–Trinajstić information content (AvgIpc) is 2.91. The van der Waals surface area contributed by atoms with Crippen molar-refractivity contribution in [2.45, 2.75) is 24.4 Å². The molecule has 0 saturated heterocycles. The van der Waals surface area contributed by atoms with Gasteiger partial charge in [-0.15, -0.1) is 0 Å². The van der Waals surface area contributed by atoms with Crippen LogP contribution in [-0.4, -0.2) is 30.2 Å². The topological polar surface area (TPSA) is 108 Å². The van der Waals surface area contributed by atoms with Gasteiger partial charge in [0.15, 0.2) is 0 Å². The van der Waals surface area contributed by atoms with Gasteiger partial charge in [0.1, 0.15) is 0 Å². The van der Waals surface area contributed by atoms with Gasteiger partial charge in [-0.1, -0.05) is 30.7 Å². The van der Waals surface area contributed by atoms with E-state index in [2.05, 4.69) is 17.2 Å². The van der Waals surface area contributed by atoms with Crippen molar-refractivity contribution in [3.63, 3.8) is 0 Å². The standard InChI is InChI=1S/C8H7NO3S.C7H13ClN2/c10-13(11,12)7-2-1-6-3-4-9-8(6)5-7;1-5-3-6(8)4-10-7(5,2)9/h1-5,9H,(H,10,11,12);3,5,10H,4,9H2,1-2H3. The molecule has 0 bridgehead atoms. The highest BCUT2D eigenvalue weighted by atomic mass is 35.5. The van der Waals surface area contributed by atoms with Gasteiger partial charge in [0, 0.05) is 29.2 Å². The molecule has 1 aliphatic rings. The predicted octanol–water partition coefficient (Wildman–Crippen LogP) is 2.44. The highest BCUT2D eigenvalue weighted by molar-refractivity contribution is 7.85. The minimum absolute atomic E-state index is 0.0950. The number of halogens is 1. The van der Waals surface area contributed by atoms with E-state index in [4.69, 9.17) is 21.9 Å². The minimum atomic E-state index is -4.09. The van der Waals surface area contributed by atoms with Crippen molar-refractivity contribution < 1.29 is 13.0 Å². The quantitative estimate of drug-likeness (QED) is 0.586. The van der Waals surface area contributed by atoms with E-state index in [1.54, 1.807) is 12.3 Å². The van der Waals surface area contributed by atoms with E-state index in [0.717, 1.165) is 10.4 Å². The molecule has 5 N–H and O–H groups in total. The van der Waals surface area contributed by atoms with Crippen LogP contribution in [0.15, 0.2) is 46.5 Å². The summed E-state index contributed by atoms with van der Waals surface area (Å²) >= 11 is 5.78. The van der Waals surface area contributed by atoms with Gasteiger partial charge in [0.2, 0.25) is 0 Å². The Hall–Kier alpha value is -1.38. The van der Waals surface area contributed by atoms with Gasteiger partial charge in [-0.25, -0.2) is 0 Å². The Morgan fingerprint density at radius 2 is 2.09 bits per heavy atom. The lowest BCUT2D eigenvalue weighted by Gasteiger charge is -2.34. The number of benzene rings is 1. The van der Waals surface area contributed by atoms with Crippen LogP contribution in [0.2, 0.25) is 0 Å². The van der Waals surface area contributed by atoms with Crippen LogP contribution in [0.1, 0.15) is 13.8 Å². The summed E-state index contributed by atoms with van der Waals surface area (Å²) in [6, 6.07) is 6.22. The number of H-pyrrole nitrogens is 1. The molecule has 2 unspecified atom stereocenters. The monoisotopic (exact) mass is 357 g/mol. The summed E-state index contributed by atoms with van der Waals surface area (Å²) in [5.74, 6) is 0.300. The number of rotatable bonds is 1. The summed E-state index contributed by atoms with van der Waals surface area (Å²) in [5.41, 5.74) is 6.27. The van der Waals surface area contributed by atoms with Crippen LogP contribution in [-0.2, 0) is 10.1 Å². The summed E-state index contributed by atoms with van der Waals surface area (Å²) in [6.07, 6.45) is 3.70. The molecule has 23 heavy (non-hydrogen) atoms. The fourth-order valence-electron chi connectivity index (χ4n) is 2.13. The van der Waals surface area contributed by atoms with Crippen molar-refractivity contribution in [3.05, 3.63) is 41.6 Å². The second-order valence-electron chi connectivity index (χ2n) is 5.74. The maximum atomic E-state index is 10.7. The number of fused-ring (bicyclic) bond motifs is 1. The van der Waals surface area contributed by atoms with Crippen LogP contribution in [0.4, 0.5) is 0 Å². The van der Waals surface area contributed by atoms with Crippen LogP contribution < -0.4 is 11.1 Å². The molecule has 2 atom stereocenters. The lowest BCUT2D eigenvalue weighted by Crippen LogP contribution is -2.57. The van der Waals surface area contributed by atoms with Gasteiger partial charge in [-0.3, -0.25) is 9.87 Å². The molecule has 8 heteroatoms. The molecule has 0 radical (unpaired) electrons. The number of hydrogen-bond donors (Lipinski definition) is 4. The Bertz CT molecular complexity index is 827. The van der Waals surface area contributed by atoms with Gasteiger partial charge in [0.05, 0.1) is 10.6 Å². The van der Waals surface area contributed by atoms with Crippen LogP contribution >= 0.6 is 11.6 Å². The molecule has 1 aromatic carbocycles. The number of nitrogens with one attached hydrogen (secondary N) is 2. The maximum Gasteiger partial charge on any atom is 0.294 e. The van der Waals surface area contributed by atoms with Crippen molar-refractivity contribution in [1.82, 2.24) is 10.3 Å². The summed E-state index contributed by atoms with van der Waals surface area (Å²) in [4.78, 5) is 2.76. The molecule has 3 rings (SSSR count). The van der Waals surface area contributed by atoms with Crippen LogP contribution in [0.3, 0.4) is 0 Å². The number of aromatic nitrogens is 1. The Labute approximate surface area is 140 Å². The zero-order valence-electron chi connectivity index (χ0n) is 12.9. The van der Waals surface area contributed by atoms with Crippen molar-refractivity contribution >= 4 is 32.6 Å². The number of nitrogens with two attached hydrogens (primary N) is 1. The predicted molar refractivity (Wildman–Crippen MR) is 91.8 cm³/mol. The molecule has 126 valence electrons. The first kappa shape index (κ1) is 18.0. The molecule has 0 spiro atoms. The third-order valence-corrected chi connectivity index (χ3v) is 4.95. The van der Waals surface area contributed by atoms with Crippen molar-refractivity contribution in [2.24, 2.45) is 11.7 Å². The number of hydrogen-bond acceptors (Lipinski definition) is 4. The van der Waals surface area contributed by atoms with Gasteiger partial charge >= 0.3 is 0 Å². The third kappa shape index (κ3) is 4.55.